The Balaban J connectivity index is 2.12. The van der Waals surface area contributed by atoms with Gasteiger partial charge in [-0.15, -0.1) is 0 Å². The summed E-state index contributed by atoms with van der Waals surface area (Å²) in [5.41, 5.74) is 8.34. The maximum Gasteiger partial charge on any atom is 0.211 e. The first-order valence-corrected chi connectivity index (χ1v) is 10.1. The third kappa shape index (κ3) is 4.70. The van der Waals surface area contributed by atoms with Crippen LogP contribution in [0.25, 0.3) is 11.0 Å². The van der Waals surface area contributed by atoms with Gasteiger partial charge in [0.25, 0.3) is 0 Å². The van der Waals surface area contributed by atoms with Crippen LogP contribution in [-0.2, 0) is 26.0 Å². The summed E-state index contributed by atoms with van der Waals surface area (Å²) in [6, 6.07) is 1.93. The molecule has 0 fully saturated rings. The number of methoxy groups -OCH3 is 1. The molecule has 9 nitrogen and oxygen atoms in total. The zero-order valence-corrected chi connectivity index (χ0v) is 16.7. The first kappa shape index (κ1) is 20.6. The molecule has 0 saturated carbocycles. The fraction of sp³-hybridized carbons (Fsp3) is 0.625. The number of nitrogen functional groups attached to an aromatic ring is 1. The van der Waals surface area contributed by atoms with Gasteiger partial charge in [-0.1, -0.05) is 0 Å². The first-order valence-electron chi connectivity index (χ1n) is 8.30. The summed E-state index contributed by atoms with van der Waals surface area (Å²) in [6.45, 7) is 5.37. The average molecular weight is 385 g/mol. The molecule has 0 spiro atoms. The van der Waals surface area contributed by atoms with E-state index in [9.17, 15) is 8.42 Å². The van der Waals surface area contributed by atoms with Gasteiger partial charge in [0.15, 0.2) is 5.82 Å². The maximum atomic E-state index is 11.4. The Morgan fingerprint density at radius 2 is 2.04 bits per heavy atom. The molecular formula is C16H27N5O4S. The fourth-order valence-corrected chi connectivity index (χ4v) is 2.97. The minimum atomic E-state index is -3.19. The Bertz CT molecular complexity index is 865. The number of aryl methyl sites for hydroxylation is 1. The van der Waals surface area contributed by atoms with Crippen LogP contribution >= 0.6 is 0 Å². The zero-order valence-electron chi connectivity index (χ0n) is 15.9. The molecule has 10 heteroatoms. The predicted octanol–water partition coefficient (Wildman–Crippen LogP) is 0.937. The van der Waals surface area contributed by atoms with Crippen molar-refractivity contribution in [3.63, 3.8) is 0 Å². The van der Waals surface area contributed by atoms with Crippen LogP contribution in [0, 0.1) is 6.92 Å². The number of anilines is 1. The number of rotatable bonds is 9. The van der Waals surface area contributed by atoms with Crippen molar-refractivity contribution < 1.29 is 17.9 Å². The monoisotopic (exact) mass is 385 g/mol. The molecule has 2 heterocycles. The Labute approximate surface area is 154 Å². The van der Waals surface area contributed by atoms with Crippen LogP contribution in [0.1, 0.15) is 24.5 Å². The number of ether oxygens (including phenoxy) is 2. The summed E-state index contributed by atoms with van der Waals surface area (Å²) in [4.78, 5) is 8.85. The third-order valence-electron chi connectivity index (χ3n) is 4.21. The number of hydrogen-bond donors (Lipinski definition) is 1. The summed E-state index contributed by atoms with van der Waals surface area (Å²) >= 11 is 0. The SMILES string of the molecule is COC(C)c1nc2c(N)nc(C)cc2n1CCOCCN(C)S(C)(=O)=O. The van der Waals surface area contributed by atoms with E-state index in [2.05, 4.69) is 9.97 Å². The van der Waals surface area contributed by atoms with Crippen LogP contribution in [0.3, 0.4) is 0 Å². The number of fused-ring (bicyclic) bond motifs is 1. The second-order valence-corrected chi connectivity index (χ2v) is 8.30. The van der Waals surface area contributed by atoms with Gasteiger partial charge in [0.1, 0.15) is 17.4 Å². The molecule has 0 aromatic carbocycles. The fourth-order valence-electron chi connectivity index (χ4n) is 2.56. The van der Waals surface area contributed by atoms with Gasteiger partial charge < -0.3 is 19.8 Å². The topological polar surface area (TPSA) is 113 Å². The molecule has 2 aromatic heterocycles. The molecule has 0 aliphatic carbocycles. The van der Waals surface area contributed by atoms with E-state index >= 15 is 0 Å². The Kier molecular flexibility index (Phi) is 6.56. The number of hydrogen-bond acceptors (Lipinski definition) is 7. The number of pyridine rings is 1. The lowest BCUT2D eigenvalue weighted by molar-refractivity contribution is 0.0992. The van der Waals surface area contributed by atoms with E-state index in [1.807, 2.05) is 24.5 Å². The molecule has 26 heavy (non-hydrogen) atoms. The second-order valence-electron chi connectivity index (χ2n) is 6.21. The molecule has 2 rings (SSSR count). The van der Waals surface area contributed by atoms with Crippen LogP contribution in [0.2, 0.25) is 0 Å². The lowest BCUT2D eigenvalue weighted by Gasteiger charge is -2.16. The third-order valence-corrected chi connectivity index (χ3v) is 5.53. The lowest BCUT2D eigenvalue weighted by Crippen LogP contribution is -2.29. The van der Waals surface area contributed by atoms with Crippen molar-refractivity contribution >= 4 is 26.9 Å². The Hall–Kier alpha value is -1.75. The minimum absolute atomic E-state index is 0.210. The zero-order chi connectivity index (χ0) is 19.5. The van der Waals surface area contributed by atoms with Crippen molar-refractivity contribution in [1.29, 1.82) is 0 Å². The van der Waals surface area contributed by atoms with Gasteiger partial charge in [0.05, 0.1) is 25.0 Å². The van der Waals surface area contributed by atoms with Gasteiger partial charge in [-0.05, 0) is 19.9 Å². The van der Waals surface area contributed by atoms with Crippen molar-refractivity contribution in [3.8, 4) is 0 Å². The molecular weight excluding hydrogens is 358 g/mol. The van der Waals surface area contributed by atoms with Crippen LogP contribution < -0.4 is 5.73 Å². The molecule has 0 amide bonds. The van der Waals surface area contributed by atoms with Gasteiger partial charge in [0, 0.05) is 32.9 Å². The number of nitrogens with zero attached hydrogens (tertiary/aromatic N) is 4. The second kappa shape index (κ2) is 8.30. The van der Waals surface area contributed by atoms with Gasteiger partial charge in [0.2, 0.25) is 10.0 Å². The standard InChI is InChI=1S/C16H27N5O4S/c1-11-10-13-14(15(17)18-11)19-16(12(2)24-4)21(13)7-9-25-8-6-20(3)26(5,22)23/h10,12H,6-9H2,1-5H3,(H2,17,18). The van der Waals surface area contributed by atoms with Crippen molar-refractivity contribution in [2.45, 2.75) is 26.5 Å². The molecule has 146 valence electrons. The number of likely N-dealkylation sites (N-methyl/N-ethyl adjacent to an activating group) is 1. The molecule has 0 radical (unpaired) electrons. The average Bonchev–Trinajstić information content (AvgIpc) is 2.91. The molecule has 2 aromatic rings. The number of nitrogens with two attached hydrogens (primary N) is 1. The Morgan fingerprint density at radius 1 is 1.35 bits per heavy atom. The summed E-state index contributed by atoms with van der Waals surface area (Å²) in [5, 5.41) is 0. The largest absolute Gasteiger partial charge is 0.382 e. The van der Waals surface area contributed by atoms with E-state index in [1.54, 1.807) is 7.11 Å². The van der Waals surface area contributed by atoms with Crippen LogP contribution in [0.15, 0.2) is 6.07 Å². The molecule has 0 saturated heterocycles. The maximum absolute atomic E-state index is 11.4. The van der Waals surface area contributed by atoms with E-state index in [0.717, 1.165) is 17.0 Å². The van der Waals surface area contributed by atoms with Gasteiger partial charge in [-0.3, -0.25) is 0 Å². The van der Waals surface area contributed by atoms with Crippen LogP contribution in [-0.4, -0.2) is 67.4 Å². The van der Waals surface area contributed by atoms with Gasteiger partial charge >= 0.3 is 0 Å². The predicted molar refractivity (Wildman–Crippen MR) is 100 cm³/mol. The highest BCUT2D eigenvalue weighted by atomic mass is 32.2. The molecule has 1 unspecified atom stereocenters. The van der Waals surface area contributed by atoms with E-state index in [1.165, 1.54) is 17.6 Å². The van der Waals surface area contributed by atoms with E-state index in [-0.39, 0.29) is 6.10 Å². The highest BCUT2D eigenvalue weighted by Crippen LogP contribution is 2.26. The van der Waals surface area contributed by atoms with Gasteiger partial charge in [-0.25, -0.2) is 22.7 Å². The highest BCUT2D eigenvalue weighted by molar-refractivity contribution is 7.88. The molecule has 0 aliphatic heterocycles. The number of aromatic nitrogens is 3. The summed E-state index contributed by atoms with van der Waals surface area (Å²) < 4.78 is 37.0. The van der Waals surface area contributed by atoms with E-state index < -0.39 is 10.0 Å². The lowest BCUT2D eigenvalue weighted by atomic mass is 10.3. The molecule has 2 N–H and O–H groups in total. The van der Waals surface area contributed by atoms with Crippen molar-refractivity contribution in [2.24, 2.45) is 0 Å². The van der Waals surface area contributed by atoms with Crippen molar-refractivity contribution in [1.82, 2.24) is 18.8 Å². The van der Waals surface area contributed by atoms with Crippen molar-refractivity contribution in [3.05, 3.63) is 17.6 Å². The van der Waals surface area contributed by atoms with Gasteiger partial charge in [-0.2, -0.15) is 0 Å². The van der Waals surface area contributed by atoms with Crippen LogP contribution in [0.4, 0.5) is 5.82 Å². The summed E-state index contributed by atoms with van der Waals surface area (Å²) in [6.07, 6.45) is 0.961. The quantitative estimate of drug-likeness (QED) is 0.639. The Morgan fingerprint density at radius 3 is 2.65 bits per heavy atom. The van der Waals surface area contributed by atoms with Crippen molar-refractivity contribution in [2.75, 3.05) is 45.9 Å². The normalized spacial score (nSPS) is 13.6. The number of imidazole rings is 1. The molecule has 0 aliphatic rings. The van der Waals surface area contributed by atoms with E-state index in [0.29, 0.717) is 37.6 Å². The first-order chi connectivity index (χ1) is 12.1. The summed E-state index contributed by atoms with van der Waals surface area (Å²) in [5.74, 6) is 1.14. The molecule has 1 atom stereocenters. The summed E-state index contributed by atoms with van der Waals surface area (Å²) in [7, 11) is -0.0416. The smallest absolute Gasteiger partial charge is 0.211 e. The minimum Gasteiger partial charge on any atom is -0.382 e. The highest BCUT2D eigenvalue weighted by Gasteiger charge is 2.18. The van der Waals surface area contributed by atoms with Crippen LogP contribution in [0.5, 0.6) is 0 Å². The van der Waals surface area contributed by atoms with E-state index in [4.69, 9.17) is 15.2 Å². The number of sulfonamides is 1. The molecule has 0 bridgehead atoms.